The molecule has 29 heavy (non-hydrogen) atoms. The van der Waals surface area contributed by atoms with Crippen LogP contribution in [-0.2, 0) is 10.0 Å². The van der Waals surface area contributed by atoms with Crippen LogP contribution >= 0.6 is 23.2 Å². The Morgan fingerprint density at radius 3 is 2.24 bits per heavy atom. The molecule has 0 aromatic heterocycles. The summed E-state index contributed by atoms with van der Waals surface area (Å²) in [6.45, 7) is 0. The number of halogens is 2. The van der Waals surface area contributed by atoms with Crippen molar-refractivity contribution in [2.24, 2.45) is 0 Å². The Bertz CT molecular complexity index is 1150. The summed E-state index contributed by atoms with van der Waals surface area (Å²) in [6.07, 6.45) is 0. The van der Waals surface area contributed by atoms with Crippen molar-refractivity contribution in [1.82, 2.24) is 0 Å². The minimum absolute atomic E-state index is 0.0378. The van der Waals surface area contributed by atoms with E-state index < -0.39 is 15.9 Å². The number of amides is 1. The number of nitrogens with one attached hydrogen (secondary N) is 2. The largest absolute Gasteiger partial charge is 0.496 e. The number of hydrogen-bond acceptors (Lipinski definition) is 4. The number of anilines is 2. The number of ether oxygens (including phenoxy) is 1. The van der Waals surface area contributed by atoms with Gasteiger partial charge in [-0.15, -0.1) is 0 Å². The fourth-order valence-electron chi connectivity index (χ4n) is 2.54. The molecule has 0 heterocycles. The van der Waals surface area contributed by atoms with Crippen molar-refractivity contribution < 1.29 is 17.9 Å². The van der Waals surface area contributed by atoms with Crippen molar-refractivity contribution in [2.45, 2.75) is 4.90 Å². The van der Waals surface area contributed by atoms with E-state index in [4.69, 9.17) is 27.9 Å². The van der Waals surface area contributed by atoms with Crippen molar-refractivity contribution in [1.29, 1.82) is 0 Å². The first kappa shape index (κ1) is 21.0. The van der Waals surface area contributed by atoms with Gasteiger partial charge < -0.3 is 10.1 Å². The number of hydrogen-bond donors (Lipinski definition) is 2. The molecule has 1 amide bonds. The van der Waals surface area contributed by atoms with E-state index in [9.17, 15) is 13.2 Å². The molecule has 3 rings (SSSR count). The van der Waals surface area contributed by atoms with Gasteiger partial charge in [-0.25, -0.2) is 8.42 Å². The van der Waals surface area contributed by atoms with Gasteiger partial charge >= 0.3 is 0 Å². The zero-order chi connectivity index (χ0) is 21.0. The molecule has 0 fully saturated rings. The van der Waals surface area contributed by atoms with E-state index in [1.807, 2.05) is 0 Å². The minimum Gasteiger partial charge on any atom is -0.496 e. The van der Waals surface area contributed by atoms with Gasteiger partial charge in [0.2, 0.25) is 0 Å². The Morgan fingerprint density at radius 2 is 1.59 bits per heavy atom. The van der Waals surface area contributed by atoms with E-state index in [-0.39, 0.29) is 10.5 Å². The third-order valence-electron chi connectivity index (χ3n) is 3.91. The maximum atomic E-state index is 12.5. The van der Waals surface area contributed by atoms with Crippen LogP contribution in [0.5, 0.6) is 5.75 Å². The van der Waals surface area contributed by atoms with Crippen molar-refractivity contribution >= 4 is 50.5 Å². The molecule has 0 bridgehead atoms. The van der Waals surface area contributed by atoms with Gasteiger partial charge in [0.1, 0.15) is 5.75 Å². The van der Waals surface area contributed by atoms with Gasteiger partial charge in [-0.2, -0.15) is 0 Å². The summed E-state index contributed by atoms with van der Waals surface area (Å²) in [5.41, 5.74) is 1.03. The third kappa shape index (κ3) is 5.20. The molecule has 0 saturated heterocycles. The Hall–Kier alpha value is -2.74. The van der Waals surface area contributed by atoms with Crippen molar-refractivity contribution in [2.75, 3.05) is 17.1 Å². The van der Waals surface area contributed by atoms with Gasteiger partial charge in [-0.1, -0.05) is 29.3 Å². The third-order valence-corrected chi connectivity index (χ3v) is 5.77. The summed E-state index contributed by atoms with van der Waals surface area (Å²) in [7, 11) is -2.35. The predicted octanol–water partition coefficient (Wildman–Crippen LogP) is 5.06. The van der Waals surface area contributed by atoms with Crippen LogP contribution in [-0.4, -0.2) is 21.4 Å². The first-order valence-corrected chi connectivity index (χ1v) is 10.6. The van der Waals surface area contributed by atoms with Gasteiger partial charge in [-0.3, -0.25) is 9.52 Å². The normalized spacial score (nSPS) is 11.0. The van der Waals surface area contributed by atoms with E-state index >= 15 is 0 Å². The Balaban J connectivity index is 1.76. The maximum Gasteiger partial charge on any atom is 0.261 e. The summed E-state index contributed by atoms with van der Waals surface area (Å²) < 4.78 is 32.7. The summed E-state index contributed by atoms with van der Waals surface area (Å²) in [4.78, 5) is 12.5. The summed E-state index contributed by atoms with van der Waals surface area (Å²) in [5, 5.41) is 3.50. The molecule has 150 valence electrons. The molecule has 6 nitrogen and oxygen atoms in total. The van der Waals surface area contributed by atoms with Crippen molar-refractivity contribution in [3.05, 3.63) is 82.3 Å². The molecule has 9 heteroatoms. The number of methoxy groups -OCH3 is 1. The highest BCUT2D eigenvalue weighted by Gasteiger charge is 2.16. The van der Waals surface area contributed by atoms with Crippen molar-refractivity contribution in [3.8, 4) is 5.75 Å². The zero-order valence-corrected chi connectivity index (χ0v) is 17.5. The van der Waals surface area contributed by atoms with Gasteiger partial charge in [0, 0.05) is 15.7 Å². The Labute approximate surface area is 178 Å². The van der Waals surface area contributed by atoms with Crippen LogP contribution in [0, 0.1) is 0 Å². The fraction of sp³-hybridized carbons (Fsp3) is 0.0500. The molecular formula is C20H16Cl2N2O4S. The van der Waals surface area contributed by atoms with E-state index in [1.54, 1.807) is 30.3 Å². The lowest BCUT2D eigenvalue weighted by molar-refractivity contribution is 0.102. The quantitative estimate of drug-likeness (QED) is 0.549. The second-order valence-electron chi connectivity index (χ2n) is 5.94. The number of rotatable bonds is 6. The summed E-state index contributed by atoms with van der Waals surface area (Å²) >= 11 is 11.8. The summed E-state index contributed by atoms with van der Waals surface area (Å²) in [5.74, 6) is -0.0613. The number of carbonyl (C=O) groups excluding carboxylic acids is 1. The highest BCUT2D eigenvalue weighted by atomic mass is 35.5. The molecule has 0 atom stereocenters. The number of benzene rings is 3. The molecule has 3 aromatic carbocycles. The molecule has 0 aliphatic carbocycles. The highest BCUT2D eigenvalue weighted by molar-refractivity contribution is 7.92. The second-order valence-corrected chi connectivity index (χ2v) is 8.49. The van der Waals surface area contributed by atoms with Crippen LogP contribution in [0.4, 0.5) is 11.4 Å². The Kier molecular flexibility index (Phi) is 6.32. The first-order chi connectivity index (χ1) is 13.8. The van der Waals surface area contributed by atoms with E-state index in [1.165, 1.54) is 43.5 Å². The first-order valence-electron chi connectivity index (χ1n) is 8.32. The van der Waals surface area contributed by atoms with E-state index in [2.05, 4.69) is 10.0 Å². The van der Waals surface area contributed by atoms with Crippen LogP contribution in [0.1, 0.15) is 10.4 Å². The smallest absolute Gasteiger partial charge is 0.261 e. The van der Waals surface area contributed by atoms with Gasteiger partial charge in [0.05, 0.1) is 23.3 Å². The lowest BCUT2D eigenvalue weighted by atomic mass is 10.2. The molecule has 0 aliphatic heterocycles. The monoisotopic (exact) mass is 450 g/mol. The average molecular weight is 451 g/mol. The second kappa shape index (κ2) is 8.73. The number of carbonyl (C=O) groups is 1. The Morgan fingerprint density at radius 1 is 0.897 bits per heavy atom. The molecular weight excluding hydrogens is 435 g/mol. The fourth-order valence-corrected chi connectivity index (χ4v) is 3.95. The van der Waals surface area contributed by atoms with Gasteiger partial charge in [0.15, 0.2) is 0 Å². The molecule has 0 saturated carbocycles. The average Bonchev–Trinajstić information content (AvgIpc) is 2.68. The van der Waals surface area contributed by atoms with Crippen LogP contribution in [0.15, 0.2) is 71.6 Å². The lowest BCUT2D eigenvalue weighted by Crippen LogP contribution is -2.14. The van der Waals surface area contributed by atoms with Crippen molar-refractivity contribution in [3.63, 3.8) is 0 Å². The van der Waals surface area contributed by atoms with Gasteiger partial charge in [0.25, 0.3) is 15.9 Å². The van der Waals surface area contributed by atoms with Crippen LogP contribution in [0.25, 0.3) is 0 Å². The molecule has 0 unspecified atom stereocenters. The minimum atomic E-state index is -3.80. The highest BCUT2D eigenvalue weighted by Crippen LogP contribution is 2.25. The summed E-state index contributed by atoms with van der Waals surface area (Å²) in [6, 6.07) is 16.8. The standard InChI is InChI=1S/C20H16Cl2N2O4S/c1-28-19-10-5-14(22)12-18(19)20(25)23-15-6-8-17(9-7-15)29(26,27)24-16-4-2-3-13(21)11-16/h2-12,24H,1H3,(H,23,25). The molecule has 2 N–H and O–H groups in total. The lowest BCUT2D eigenvalue weighted by Gasteiger charge is -2.11. The molecule has 0 radical (unpaired) electrons. The van der Waals surface area contributed by atoms with Gasteiger partial charge in [-0.05, 0) is 60.7 Å². The number of sulfonamides is 1. The van der Waals surface area contributed by atoms with Crippen LogP contribution in [0.3, 0.4) is 0 Å². The maximum absolute atomic E-state index is 12.5. The molecule has 0 aliphatic rings. The topological polar surface area (TPSA) is 84.5 Å². The molecule has 3 aromatic rings. The van der Waals surface area contributed by atoms with Crippen LogP contribution < -0.4 is 14.8 Å². The van der Waals surface area contributed by atoms with E-state index in [0.29, 0.717) is 27.2 Å². The predicted molar refractivity (Wildman–Crippen MR) is 115 cm³/mol. The van der Waals surface area contributed by atoms with Crippen LogP contribution in [0.2, 0.25) is 10.0 Å². The zero-order valence-electron chi connectivity index (χ0n) is 15.1. The molecule has 0 spiro atoms. The van der Waals surface area contributed by atoms with E-state index in [0.717, 1.165) is 0 Å². The SMILES string of the molecule is COc1ccc(Cl)cc1C(=O)Nc1ccc(S(=O)(=O)Nc2cccc(Cl)c2)cc1.